The fourth-order valence-electron chi connectivity index (χ4n) is 3.22. The molecule has 130 valence electrons. The van der Waals surface area contributed by atoms with Gasteiger partial charge in [0.05, 0.1) is 0 Å². The summed E-state index contributed by atoms with van der Waals surface area (Å²) in [6.07, 6.45) is 0.441. The monoisotopic (exact) mass is 344 g/mol. The van der Waals surface area contributed by atoms with Crippen molar-refractivity contribution >= 4 is 17.5 Å². The third-order valence-electron chi connectivity index (χ3n) is 4.38. The van der Waals surface area contributed by atoms with Crippen LogP contribution in [0.3, 0.4) is 0 Å². The fraction of sp³-hybridized carbons (Fsp3) is 0.263. The van der Waals surface area contributed by atoms with Gasteiger partial charge in [0.25, 0.3) is 0 Å². The number of amides is 2. The maximum absolute atomic E-state index is 13.3. The first-order chi connectivity index (χ1) is 11.9. The standard InChI is InChI=1S/C19H18F2N2O2/c1-12(24)23-17-6-4-3-5-14(17)10-18(23)19(25)22(2)11-13-7-8-15(20)16(21)9-13/h3-9,18H,10-11H2,1-2H3/t18-/m0/s1. The first-order valence-corrected chi connectivity index (χ1v) is 7.95. The summed E-state index contributed by atoms with van der Waals surface area (Å²) in [6, 6.07) is 10.3. The summed E-state index contributed by atoms with van der Waals surface area (Å²) in [5.74, 6) is -2.32. The topological polar surface area (TPSA) is 40.6 Å². The van der Waals surface area contributed by atoms with E-state index in [9.17, 15) is 18.4 Å². The molecule has 0 spiro atoms. The van der Waals surface area contributed by atoms with Gasteiger partial charge >= 0.3 is 0 Å². The van der Waals surface area contributed by atoms with Crippen molar-refractivity contribution in [2.45, 2.75) is 25.9 Å². The molecule has 2 aromatic carbocycles. The van der Waals surface area contributed by atoms with Crippen molar-refractivity contribution in [1.82, 2.24) is 4.90 Å². The summed E-state index contributed by atoms with van der Waals surface area (Å²) in [4.78, 5) is 27.8. The quantitative estimate of drug-likeness (QED) is 0.859. The van der Waals surface area contributed by atoms with Gasteiger partial charge in [0.1, 0.15) is 6.04 Å². The van der Waals surface area contributed by atoms with Crippen molar-refractivity contribution in [3.05, 3.63) is 65.2 Å². The molecule has 0 unspecified atom stereocenters. The Morgan fingerprint density at radius 1 is 1.16 bits per heavy atom. The number of likely N-dealkylation sites (N-methyl/N-ethyl adjacent to an activating group) is 1. The molecule has 1 atom stereocenters. The van der Waals surface area contributed by atoms with Gasteiger partial charge in [-0.25, -0.2) is 8.78 Å². The van der Waals surface area contributed by atoms with E-state index in [-0.39, 0.29) is 18.4 Å². The van der Waals surface area contributed by atoms with Crippen molar-refractivity contribution in [2.24, 2.45) is 0 Å². The zero-order valence-corrected chi connectivity index (χ0v) is 14.0. The van der Waals surface area contributed by atoms with E-state index in [1.807, 2.05) is 24.3 Å². The SMILES string of the molecule is CC(=O)N1c2ccccc2C[C@H]1C(=O)N(C)Cc1ccc(F)c(F)c1. The smallest absolute Gasteiger partial charge is 0.246 e. The van der Waals surface area contributed by atoms with Crippen LogP contribution in [-0.2, 0) is 22.6 Å². The van der Waals surface area contributed by atoms with E-state index in [2.05, 4.69) is 0 Å². The van der Waals surface area contributed by atoms with Gasteiger partial charge in [0.15, 0.2) is 11.6 Å². The zero-order valence-electron chi connectivity index (χ0n) is 14.0. The number of benzene rings is 2. The first-order valence-electron chi connectivity index (χ1n) is 7.95. The van der Waals surface area contributed by atoms with Crippen LogP contribution in [0.1, 0.15) is 18.1 Å². The molecule has 2 aromatic rings. The van der Waals surface area contributed by atoms with Crippen LogP contribution in [0.5, 0.6) is 0 Å². The molecule has 1 aliphatic rings. The van der Waals surface area contributed by atoms with Gasteiger partial charge in [0.2, 0.25) is 11.8 Å². The van der Waals surface area contributed by atoms with Crippen molar-refractivity contribution in [3.8, 4) is 0 Å². The number of rotatable bonds is 3. The number of anilines is 1. The number of halogens is 2. The molecule has 4 nitrogen and oxygen atoms in total. The Bertz CT molecular complexity index is 838. The average Bonchev–Trinajstić information content (AvgIpc) is 2.97. The molecule has 3 rings (SSSR count). The number of carbonyl (C=O) groups excluding carboxylic acids is 2. The third-order valence-corrected chi connectivity index (χ3v) is 4.38. The Morgan fingerprint density at radius 2 is 1.88 bits per heavy atom. The molecule has 0 radical (unpaired) electrons. The summed E-state index contributed by atoms with van der Waals surface area (Å²) in [6.45, 7) is 1.56. The van der Waals surface area contributed by atoms with E-state index in [0.717, 1.165) is 23.4 Å². The molecule has 0 saturated carbocycles. The number of fused-ring (bicyclic) bond motifs is 1. The van der Waals surface area contributed by atoms with Crippen LogP contribution >= 0.6 is 0 Å². The minimum absolute atomic E-state index is 0.134. The van der Waals surface area contributed by atoms with Crippen molar-refractivity contribution in [1.29, 1.82) is 0 Å². The maximum atomic E-state index is 13.3. The lowest BCUT2D eigenvalue weighted by Gasteiger charge is -2.27. The van der Waals surface area contributed by atoms with Crippen molar-refractivity contribution in [2.75, 3.05) is 11.9 Å². The van der Waals surface area contributed by atoms with Gasteiger partial charge in [-0.3, -0.25) is 14.5 Å². The number of carbonyl (C=O) groups is 2. The summed E-state index contributed by atoms with van der Waals surface area (Å²) in [5, 5.41) is 0. The summed E-state index contributed by atoms with van der Waals surface area (Å²) >= 11 is 0. The van der Waals surface area contributed by atoms with E-state index in [0.29, 0.717) is 12.0 Å². The highest BCUT2D eigenvalue weighted by atomic mass is 19.2. The molecular formula is C19H18F2N2O2. The molecule has 25 heavy (non-hydrogen) atoms. The summed E-state index contributed by atoms with van der Waals surface area (Å²) < 4.78 is 26.4. The number of nitrogens with zero attached hydrogens (tertiary/aromatic N) is 2. The predicted octanol–water partition coefficient (Wildman–Crippen LogP) is 2.90. The van der Waals surface area contributed by atoms with E-state index < -0.39 is 17.7 Å². The van der Waals surface area contributed by atoms with E-state index in [1.165, 1.54) is 22.8 Å². The maximum Gasteiger partial charge on any atom is 0.246 e. The van der Waals surface area contributed by atoms with Crippen LogP contribution in [0.25, 0.3) is 0 Å². The van der Waals surface area contributed by atoms with Crippen LogP contribution in [0.2, 0.25) is 0 Å². The zero-order chi connectivity index (χ0) is 18.1. The second-order valence-corrected chi connectivity index (χ2v) is 6.18. The number of hydrogen-bond donors (Lipinski definition) is 0. The molecule has 0 aliphatic carbocycles. The van der Waals surface area contributed by atoms with Gasteiger partial charge in [0, 0.05) is 32.6 Å². The molecule has 0 N–H and O–H groups in total. The highest BCUT2D eigenvalue weighted by Gasteiger charge is 2.38. The van der Waals surface area contributed by atoms with Gasteiger partial charge in [-0.2, -0.15) is 0 Å². The molecule has 0 bridgehead atoms. The Morgan fingerprint density at radius 3 is 2.56 bits per heavy atom. The highest BCUT2D eigenvalue weighted by Crippen LogP contribution is 2.33. The molecule has 0 saturated heterocycles. The van der Waals surface area contributed by atoms with Gasteiger partial charge < -0.3 is 4.90 Å². The van der Waals surface area contributed by atoms with Gasteiger partial charge in [-0.15, -0.1) is 0 Å². The highest BCUT2D eigenvalue weighted by molar-refractivity contribution is 6.02. The third kappa shape index (κ3) is 3.24. The van der Waals surface area contributed by atoms with Gasteiger partial charge in [-0.1, -0.05) is 24.3 Å². The lowest BCUT2D eigenvalue weighted by molar-refractivity contribution is -0.133. The lowest BCUT2D eigenvalue weighted by Crippen LogP contribution is -2.47. The molecule has 0 aromatic heterocycles. The van der Waals surface area contributed by atoms with Crippen LogP contribution < -0.4 is 4.90 Å². The largest absolute Gasteiger partial charge is 0.340 e. The first kappa shape index (κ1) is 17.1. The van der Waals surface area contributed by atoms with E-state index in [4.69, 9.17) is 0 Å². The Kier molecular flexibility index (Phi) is 4.53. The predicted molar refractivity (Wildman–Crippen MR) is 89.9 cm³/mol. The number of para-hydroxylation sites is 1. The van der Waals surface area contributed by atoms with Crippen molar-refractivity contribution < 1.29 is 18.4 Å². The average molecular weight is 344 g/mol. The Labute approximate surface area is 144 Å². The van der Waals surface area contributed by atoms with Crippen molar-refractivity contribution in [3.63, 3.8) is 0 Å². The molecule has 1 heterocycles. The minimum Gasteiger partial charge on any atom is -0.340 e. The number of hydrogen-bond acceptors (Lipinski definition) is 2. The summed E-state index contributed by atoms with van der Waals surface area (Å²) in [5.41, 5.74) is 2.17. The normalized spacial score (nSPS) is 15.8. The second-order valence-electron chi connectivity index (χ2n) is 6.18. The van der Waals surface area contributed by atoms with E-state index in [1.54, 1.807) is 7.05 Å². The fourth-order valence-corrected chi connectivity index (χ4v) is 3.22. The molecular weight excluding hydrogens is 326 g/mol. The second kappa shape index (κ2) is 6.63. The Balaban J connectivity index is 1.80. The summed E-state index contributed by atoms with van der Waals surface area (Å²) in [7, 11) is 1.59. The van der Waals surface area contributed by atoms with Crippen LogP contribution in [0.15, 0.2) is 42.5 Å². The van der Waals surface area contributed by atoms with Crippen LogP contribution in [0.4, 0.5) is 14.5 Å². The van der Waals surface area contributed by atoms with Crippen LogP contribution in [-0.4, -0.2) is 29.8 Å². The molecule has 2 amide bonds. The molecule has 0 fully saturated rings. The van der Waals surface area contributed by atoms with Gasteiger partial charge in [-0.05, 0) is 29.3 Å². The van der Waals surface area contributed by atoms with E-state index >= 15 is 0 Å². The molecule has 1 aliphatic heterocycles. The Hall–Kier alpha value is -2.76. The minimum atomic E-state index is -0.947. The lowest BCUT2D eigenvalue weighted by atomic mass is 10.1. The molecule has 6 heteroatoms. The van der Waals surface area contributed by atoms with Crippen LogP contribution in [0, 0.1) is 11.6 Å².